The molecule has 0 radical (unpaired) electrons. The standard InChI is InChI=1S/C15H24F3N5S/c1-19-14(21-8-11-4-3-7-23(2)9-11)20-6-5-13-22-12(10-24-13)15(16,17)18/h10-11H,3-9H2,1-2H3,(H2,19,20,21). The van der Waals surface area contributed by atoms with Crippen LogP contribution in [0.15, 0.2) is 10.4 Å². The van der Waals surface area contributed by atoms with Gasteiger partial charge in [0.25, 0.3) is 0 Å². The summed E-state index contributed by atoms with van der Waals surface area (Å²) in [5.74, 6) is 1.27. The third-order valence-electron chi connectivity index (χ3n) is 3.98. The summed E-state index contributed by atoms with van der Waals surface area (Å²) in [6.07, 6.45) is -1.52. The van der Waals surface area contributed by atoms with E-state index in [1.807, 2.05) is 0 Å². The zero-order valence-electron chi connectivity index (χ0n) is 14.0. The molecule has 24 heavy (non-hydrogen) atoms. The molecule has 0 amide bonds. The van der Waals surface area contributed by atoms with E-state index >= 15 is 0 Å². The molecule has 2 rings (SSSR count). The Bertz CT molecular complexity index is 543. The number of nitrogens with zero attached hydrogens (tertiary/aromatic N) is 3. The van der Waals surface area contributed by atoms with Crippen LogP contribution in [0.2, 0.25) is 0 Å². The first-order valence-electron chi connectivity index (χ1n) is 8.03. The van der Waals surface area contributed by atoms with Crippen LogP contribution >= 0.6 is 11.3 Å². The number of guanidine groups is 1. The molecule has 1 unspecified atom stereocenters. The van der Waals surface area contributed by atoms with Gasteiger partial charge in [-0.05, 0) is 32.4 Å². The molecule has 0 spiro atoms. The van der Waals surface area contributed by atoms with Crippen molar-refractivity contribution in [3.63, 3.8) is 0 Å². The summed E-state index contributed by atoms with van der Waals surface area (Å²) in [5.41, 5.74) is -0.813. The minimum absolute atomic E-state index is 0.438. The van der Waals surface area contributed by atoms with E-state index in [0.717, 1.165) is 36.4 Å². The molecule has 0 saturated carbocycles. The minimum Gasteiger partial charge on any atom is -0.356 e. The Morgan fingerprint density at radius 2 is 2.25 bits per heavy atom. The Hall–Kier alpha value is -1.35. The number of aliphatic imine (C=N–C) groups is 1. The zero-order valence-corrected chi connectivity index (χ0v) is 14.8. The van der Waals surface area contributed by atoms with E-state index in [-0.39, 0.29) is 0 Å². The summed E-state index contributed by atoms with van der Waals surface area (Å²) >= 11 is 1.04. The topological polar surface area (TPSA) is 52.6 Å². The van der Waals surface area contributed by atoms with Crippen LogP contribution in [0.3, 0.4) is 0 Å². The lowest BCUT2D eigenvalue weighted by Crippen LogP contribution is -2.44. The van der Waals surface area contributed by atoms with Crippen LogP contribution in [0, 0.1) is 5.92 Å². The largest absolute Gasteiger partial charge is 0.434 e. The van der Waals surface area contributed by atoms with Gasteiger partial charge in [0, 0.05) is 38.5 Å². The molecule has 5 nitrogen and oxygen atoms in total. The number of likely N-dealkylation sites (tertiary alicyclic amines) is 1. The minimum atomic E-state index is -4.37. The molecule has 1 aromatic rings. The van der Waals surface area contributed by atoms with Crippen molar-refractivity contribution in [2.75, 3.05) is 40.3 Å². The summed E-state index contributed by atoms with van der Waals surface area (Å²) in [6, 6.07) is 0. The van der Waals surface area contributed by atoms with Crippen molar-refractivity contribution in [3.05, 3.63) is 16.1 Å². The molecule has 0 aliphatic carbocycles. The van der Waals surface area contributed by atoms with Gasteiger partial charge in [-0.25, -0.2) is 4.98 Å². The molecule has 0 aromatic carbocycles. The third-order valence-corrected chi connectivity index (χ3v) is 4.89. The predicted octanol–water partition coefficient (Wildman–Crippen LogP) is 2.21. The van der Waals surface area contributed by atoms with Crippen molar-refractivity contribution < 1.29 is 13.2 Å². The zero-order chi connectivity index (χ0) is 17.6. The van der Waals surface area contributed by atoms with E-state index in [2.05, 4.69) is 32.6 Å². The number of piperidine rings is 1. The second-order valence-corrected chi connectivity index (χ2v) is 6.97. The fourth-order valence-electron chi connectivity index (χ4n) is 2.75. The van der Waals surface area contributed by atoms with Crippen LogP contribution in [-0.4, -0.2) is 56.1 Å². The van der Waals surface area contributed by atoms with Gasteiger partial charge in [0.05, 0.1) is 5.01 Å². The maximum Gasteiger partial charge on any atom is 0.434 e. The summed E-state index contributed by atoms with van der Waals surface area (Å²) in [7, 11) is 3.82. The smallest absolute Gasteiger partial charge is 0.356 e. The normalized spacial score (nSPS) is 20.2. The molecule has 0 bridgehead atoms. The van der Waals surface area contributed by atoms with Crippen molar-refractivity contribution in [3.8, 4) is 0 Å². The Balaban J connectivity index is 1.71. The lowest BCUT2D eigenvalue weighted by Gasteiger charge is -2.30. The molecule has 1 atom stereocenters. The average molecular weight is 363 g/mol. The van der Waals surface area contributed by atoms with E-state index in [4.69, 9.17) is 0 Å². The van der Waals surface area contributed by atoms with Gasteiger partial charge in [0.1, 0.15) is 0 Å². The molecule has 1 saturated heterocycles. The molecule has 1 aliphatic rings. The second kappa shape index (κ2) is 8.66. The predicted molar refractivity (Wildman–Crippen MR) is 90.4 cm³/mol. The van der Waals surface area contributed by atoms with Gasteiger partial charge in [0.15, 0.2) is 11.7 Å². The molecule has 136 valence electrons. The first-order valence-corrected chi connectivity index (χ1v) is 8.91. The lowest BCUT2D eigenvalue weighted by atomic mass is 9.99. The molecule has 9 heteroatoms. The summed E-state index contributed by atoms with van der Waals surface area (Å²) in [4.78, 5) is 10.1. The monoisotopic (exact) mass is 363 g/mol. The van der Waals surface area contributed by atoms with Gasteiger partial charge in [-0.15, -0.1) is 11.3 Å². The highest BCUT2D eigenvalue weighted by atomic mass is 32.1. The summed E-state index contributed by atoms with van der Waals surface area (Å²) < 4.78 is 37.5. The lowest BCUT2D eigenvalue weighted by molar-refractivity contribution is -0.140. The number of halogens is 3. The molecule has 1 fully saturated rings. The quantitative estimate of drug-likeness (QED) is 0.622. The van der Waals surface area contributed by atoms with Crippen LogP contribution in [0.4, 0.5) is 13.2 Å². The van der Waals surface area contributed by atoms with Crippen LogP contribution < -0.4 is 10.6 Å². The van der Waals surface area contributed by atoms with Crippen LogP contribution in [0.25, 0.3) is 0 Å². The van der Waals surface area contributed by atoms with Crippen molar-refractivity contribution in [2.45, 2.75) is 25.4 Å². The highest BCUT2D eigenvalue weighted by Gasteiger charge is 2.33. The van der Waals surface area contributed by atoms with Gasteiger partial charge < -0.3 is 15.5 Å². The Morgan fingerprint density at radius 1 is 1.46 bits per heavy atom. The first-order chi connectivity index (χ1) is 11.4. The molecule has 2 heterocycles. The van der Waals surface area contributed by atoms with E-state index in [1.54, 1.807) is 7.05 Å². The molecule has 1 aliphatic heterocycles. The fraction of sp³-hybridized carbons (Fsp3) is 0.733. The van der Waals surface area contributed by atoms with Gasteiger partial charge in [-0.3, -0.25) is 4.99 Å². The van der Waals surface area contributed by atoms with Crippen LogP contribution in [-0.2, 0) is 12.6 Å². The number of hydrogen-bond donors (Lipinski definition) is 2. The van der Waals surface area contributed by atoms with Crippen molar-refractivity contribution in [1.29, 1.82) is 0 Å². The maximum atomic E-state index is 12.5. The SMILES string of the molecule is CN=C(NCCc1nc(C(F)(F)F)cs1)NCC1CCCN(C)C1. The molecule has 1 aromatic heterocycles. The fourth-order valence-corrected chi connectivity index (χ4v) is 3.55. The average Bonchev–Trinajstić information content (AvgIpc) is 3.00. The number of hydrogen-bond acceptors (Lipinski definition) is 4. The highest BCUT2D eigenvalue weighted by Crippen LogP contribution is 2.29. The molecular weight excluding hydrogens is 339 g/mol. The highest BCUT2D eigenvalue weighted by molar-refractivity contribution is 7.09. The molecular formula is C15H24F3N5S. The van der Waals surface area contributed by atoms with E-state index in [9.17, 15) is 13.2 Å². The maximum absolute atomic E-state index is 12.5. The second-order valence-electron chi connectivity index (χ2n) is 6.02. The van der Waals surface area contributed by atoms with Crippen molar-refractivity contribution >= 4 is 17.3 Å². The molecule has 2 N–H and O–H groups in total. The number of rotatable bonds is 5. The Labute approximate surface area is 144 Å². The number of thiazole rings is 1. The number of nitrogens with one attached hydrogen (secondary N) is 2. The number of alkyl halides is 3. The van der Waals surface area contributed by atoms with Crippen LogP contribution in [0.5, 0.6) is 0 Å². The van der Waals surface area contributed by atoms with E-state index in [0.29, 0.717) is 29.9 Å². The van der Waals surface area contributed by atoms with Gasteiger partial charge in [-0.1, -0.05) is 0 Å². The van der Waals surface area contributed by atoms with Gasteiger partial charge >= 0.3 is 6.18 Å². The van der Waals surface area contributed by atoms with E-state index in [1.165, 1.54) is 12.8 Å². The van der Waals surface area contributed by atoms with Crippen molar-refractivity contribution in [2.24, 2.45) is 10.9 Å². The first kappa shape index (κ1) is 19.0. The Morgan fingerprint density at radius 3 is 2.88 bits per heavy atom. The Kier molecular flexibility index (Phi) is 6.85. The number of aromatic nitrogens is 1. The summed E-state index contributed by atoms with van der Waals surface area (Å²) in [6.45, 7) is 3.56. The van der Waals surface area contributed by atoms with E-state index < -0.39 is 11.9 Å². The summed E-state index contributed by atoms with van der Waals surface area (Å²) in [5, 5.41) is 7.95. The van der Waals surface area contributed by atoms with Crippen LogP contribution in [0.1, 0.15) is 23.5 Å². The van der Waals surface area contributed by atoms with Gasteiger partial charge in [-0.2, -0.15) is 13.2 Å². The van der Waals surface area contributed by atoms with Crippen molar-refractivity contribution in [1.82, 2.24) is 20.5 Å². The van der Waals surface area contributed by atoms with Gasteiger partial charge in [0.2, 0.25) is 0 Å². The third kappa shape index (κ3) is 5.94.